The number of aryl methyl sites for hydroxylation is 1. The Balaban J connectivity index is 1.69. The lowest BCUT2D eigenvalue weighted by molar-refractivity contribution is 0.220. The van der Waals surface area contributed by atoms with Crippen molar-refractivity contribution in [1.82, 2.24) is 9.47 Å². The van der Waals surface area contributed by atoms with Crippen molar-refractivity contribution in [3.05, 3.63) is 66.1 Å². The average molecular weight is 311 g/mol. The van der Waals surface area contributed by atoms with Crippen molar-refractivity contribution in [2.24, 2.45) is 7.05 Å². The number of nitrogens with one attached hydrogen (secondary N) is 1. The SMILES string of the molecule is CN(Cc1ccc(F)cc1)C(=O)Nc1ccc2ccn(C)c2c1. The van der Waals surface area contributed by atoms with Crippen LogP contribution in [0.5, 0.6) is 0 Å². The average Bonchev–Trinajstić information content (AvgIpc) is 2.90. The van der Waals surface area contributed by atoms with Crippen molar-refractivity contribution in [3.63, 3.8) is 0 Å². The predicted octanol–water partition coefficient (Wildman–Crippen LogP) is 3.98. The van der Waals surface area contributed by atoms with Crippen molar-refractivity contribution in [2.75, 3.05) is 12.4 Å². The molecule has 1 N–H and O–H groups in total. The van der Waals surface area contributed by atoms with Gasteiger partial charge in [-0.2, -0.15) is 0 Å². The summed E-state index contributed by atoms with van der Waals surface area (Å²) in [5, 5.41) is 4.01. The first-order chi connectivity index (χ1) is 11.0. The van der Waals surface area contributed by atoms with E-state index in [1.165, 1.54) is 12.1 Å². The fraction of sp³-hybridized carbons (Fsp3) is 0.167. The zero-order valence-electron chi connectivity index (χ0n) is 13.1. The van der Waals surface area contributed by atoms with Gasteiger partial charge < -0.3 is 14.8 Å². The first-order valence-electron chi connectivity index (χ1n) is 7.34. The highest BCUT2D eigenvalue weighted by atomic mass is 19.1. The standard InChI is InChI=1S/C18H18FN3O/c1-21-10-9-14-5-8-16(11-17(14)21)20-18(23)22(2)12-13-3-6-15(19)7-4-13/h3-11H,12H2,1-2H3,(H,20,23). The number of benzene rings is 2. The zero-order chi connectivity index (χ0) is 16.4. The van der Waals surface area contributed by atoms with Gasteiger partial charge in [0, 0.05) is 38.0 Å². The molecule has 23 heavy (non-hydrogen) atoms. The van der Waals surface area contributed by atoms with Crippen LogP contribution in [0.2, 0.25) is 0 Å². The Labute approximate surface area is 134 Å². The number of urea groups is 1. The van der Waals surface area contributed by atoms with Crippen LogP contribution in [0.15, 0.2) is 54.7 Å². The van der Waals surface area contributed by atoms with Gasteiger partial charge in [0.1, 0.15) is 5.82 Å². The highest BCUT2D eigenvalue weighted by molar-refractivity contribution is 5.92. The Morgan fingerprint density at radius 1 is 1.17 bits per heavy atom. The quantitative estimate of drug-likeness (QED) is 0.780. The largest absolute Gasteiger partial charge is 0.350 e. The van der Waals surface area contributed by atoms with E-state index in [9.17, 15) is 9.18 Å². The van der Waals surface area contributed by atoms with Crippen LogP contribution in [0.3, 0.4) is 0 Å². The minimum atomic E-state index is -0.281. The van der Waals surface area contributed by atoms with Gasteiger partial charge in [0.15, 0.2) is 0 Å². The molecule has 0 aliphatic heterocycles. The van der Waals surface area contributed by atoms with E-state index in [2.05, 4.69) is 5.32 Å². The summed E-state index contributed by atoms with van der Waals surface area (Å²) in [7, 11) is 3.67. The summed E-state index contributed by atoms with van der Waals surface area (Å²) in [4.78, 5) is 13.8. The summed E-state index contributed by atoms with van der Waals surface area (Å²) in [6, 6.07) is 13.8. The summed E-state index contributed by atoms with van der Waals surface area (Å²) in [6.07, 6.45) is 1.98. The second-order valence-electron chi connectivity index (χ2n) is 5.61. The molecule has 0 radical (unpaired) electrons. The molecule has 0 aliphatic rings. The molecule has 2 amide bonds. The fourth-order valence-corrected chi connectivity index (χ4v) is 2.49. The Kier molecular flexibility index (Phi) is 4.02. The van der Waals surface area contributed by atoms with Gasteiger partial charge in [-0.15, -0.1) is 0 Å². The molecule has 1 aromatic heterocycles. The third-order valence-corrected chi connectivity index (χ3v) is 3.82. The normalized spacial score (nSPS) is 10.7. The number of halogens is 1. The molecule has 0 bridgehead atoms. The first kappa shape index (κ1) is 15.1. The van der Waals surface area contributed by atoms with Crippen LogP contribution >= 0.6 is 0 Å². The first-order valence-corrected chi connectivity index (χ1v) is 7.34. The monoisotopic (exact) mass is 311 g/mol. The number of amides is 2. The van der Waals surface area contributed by atoms with Gasteiger partial charge in [0.05, 0.1) is 0 Å². The van der Waals surface area contributed by atoms with E-state index in [-0.39, 0.29) is 11.8 Å². The maximum atomic E-state index is 12.9. The smallest absolute Gasteiger partial charge is 0.321 e. The van der Waals surface area contributed by atoms with E-state index in [4.69, 9.17) is 0 Å². The number of carbonyl (C=O) groups excluding carboxylic acids is 1. The number of nitrogens with zero attached hydrogens (tertiary/aromatic N) is 2. The van der Waals surface area contributed by atoms with Crippen LogP contribution in [0.25, 0.3) is 10.9 Å². The molecule has 0 unspecified atom stereocenters. The Hall–Kier alpha value is -2.82. The molecule has 118 valence electrons. The lowest BCUT2D eigenvalue weighted by Crippen LogP contribution is -2.30. The molecule has 5 heteroatoms. The van der Waals surface area contributed by atoms with Crippen molar-refractivity contribution in [1.29, 1.82) is 0 Å². The van der Waals surface area contributed by atoms with Crippen LogP contribution in [0.1, 0.15) is 5.56 Å². The Morgan fingerprint density at radius 2 is 1.91 bits per heavy atom. The van der Waals surface area contributed by atoms with E-state index >= 15 is 0 Å². The molecule has 0 aliphatic carbocycles. The van der Waals surface area contributed by atoms with E-state index < -0.39 is 0 Å². The molecule has 3 aromatic rings. The van der Waals surface area contributed by atoms with Crippen LogP contribution in [0, 0.1) is 5.82 Å². The number of anilines is 1. The van der Waals surface area contributed by atoms with E-state index in [1.807, 2.05) is 42.1 Å². The van der Waals surface area contributed by atoms with Gasteiger partial charge >= 0.3 is 6.03 Å². The van der Waals surface area contributed by atoms with Crippen molar-refractivity contribution in [3.8, 4) is 0 Å². The number of carbonyl (C=O) groups is 1. The van der Waals surface area contributed by atoms with Crippen LogP contribution in [-0.4, -0.2) is 22.5 Å². The second kappa shape index (κ2) is 6.12. The topological polar surface area (TPSA) is 37.3 Å². The maximum absolute atomic E-state index is 12.9. The number of aromatic nitrogens is 1. The molecular weight excluding hydrogens is 293 g/mol. The second-order valence-corrected chi connectivity index (χ2v) is 5.61. The third kappa shape index (κ3) is 3.34. The van der Waals surface area contributed by atoms with E-state index in [0.29, 0.717) is 6.54 Å². The molecule has 3 rings (SSSR count). The minimum absolute atomic E-state index is 0.206. The van der Waals surface area contributed by atoms with Crippen molar-refractivity contribution < 1.29 is 9.18 Å². The third-order valence-electron chi connectivity index (χ3n) is 3.82. The Bertz CT molecular complexity index is 839. The number of hydrogen-bond donors (Lipinski definition) is 1. The molecule has 2 aromatic carbocycles. The fourth-order valence-electron chi connectivity index (χ4n) is 2.49. The molecule has 0 fully saturated rings. The number of fused-ring (bicyclic) bond motifs is 1. The van der Waals surface area contributed by atoms with Gasteiger partial charge in [-0.1, -0.05) is 18.2 Å². The van der Waals surface area contributed by atoms with Crippen LogP contribution in [0.4, 0.5) is 14.9 Å². The molecular formula is C18H18FN3O. The summed E-state index contributed by atoms with van der Waals surface area (Å²) >= 11 is 0. The minimum Gasteiger partial charge on any atom is -0.350 e. The number of hydrogen-bond acceptors (Lipinski definition) is 1. The highest BCUT2D eigenvalue weighted by Gasteiger charge is 2.10. The van der Waals surface area contributed by atoms with Crippen LogP contribution < -0.4 is 5.32 Å². The summed E-state index contributed by atoms with van der Waals surface area (Å²) in [5.41, 5.74) is 2.68. The van der Waals surface area contributed by atoms with Gasteiger partial charge in [0.2, 0.25) is 0 Å². The van der Waals surface area contributed by atoms with Gasteiger partial charge in [0.25, 0.3) is 0 Å². The summed E-state index contributed by atoms with van der Waals surface area (Å²) in [5.74, 6) is -0.281. The lowest BCUT2D eigenvalue weighted by atomic mass is 10.2. The van der Waals surface area contributed by atoms with Crippen molar-refractivity contribution in [2.45, 2.75) is 6.54 Å². The summed E-state index contributed by atoms with van der Waals surface area (Å²) in [6.45, 7) is 0.415. The molecule has 0 spiro atoms. The highest BCUT2D eigenvalue weighted by Crippen LogP contribution is 2.20. The summed E-state index contributed by atoms with van der Waals surface area (Å²) < 4.78 is 14.9. The van der Waals surface area contributed by atoms with Gasteiger partial charge in [-0.3, -0.25) is 0 Å². The Morgan fingerprint density at radius 3 is 2.65 bits per heavy atom. The van der Waals surface area contributed by atoms with Gasteiger partial charge in [-0.25, -0.2) is 9.18 Å². The molecule has 1 heterocycles. The molecule has 0 saturated carbocycles. The van der Waals surface area contributed by atoms with Crippen LogP contribution in [-0.2, 0) is 13.6 Å². The van der Waals surface area contributed by atoms with E-state index in [0.717, 1.165) is 22.2 Å². The lowest BCUT2D eigenvalue weighted by Gasteiger charge is -2.18. The maximum Gasteiger partial charge on any atom is 0.321 e. The van der Waals surface area contributed by atoms with E-state index in [1.54, 1.807) is 24.1 Å². The molecule has 4 nitrogen and oxygen atoms in total. The molecule has 0 saturated heterocycles. The van der Waals surface area contributed by atoms with Crippen molar-refractivity contribution >= 4 is 22.6 Å². The predicted molar refractivity (Wildman–Crippen MR) is 89.8 cm³/mol. The zero-order valence-corrected chi connectivity index (χ0v) is 13.1. The van der Waals surface area contributed by atoms with Gasteiger partial charge in [-0.05, 0) is 41.3 Å². The molecule has 0 atom stereocenters. The number of rotatable bonds is 3.